The second kappa shape index (κ2) is 4.36. The van der Waals surface area contributed by atoms with Crippen molar-refractivity contribution >= 4 is 0 Å². The number of ether oxygens (including phenoxy) is 2. The van der Waals surface area contributed by atoms with Crippen LogP contribution in [0.15, 0.2) is 34.7 Å². The van der Waals surface area contributed by atoms with Gasteiger partial charge in [0.15, 0.2) is 11.5 Å². The maximum Gasteiger partial charge on any atom is 0.231 e. The number of hydrogen-bond donors (Lipinski definition) is 2. The maximum atomic E-state index is 10.2. The first-order chi connectivity index (χ1) is 8.78. The summed E-state index contributed by atoms with van der Waals surface area (Å²) in [5.41, 5.74) is 0.651. The van der Waals surface area contributed by atoms with Gasteiger partial charge in [-0.1, -0.05) is 6.07 Å². The molecule has 0 bridgehead atoms. The van der Waals surface area contributed by atoms with E-state index >= 15 is 0 Å². The van der Waals surface area contributed by atoms with Gasteiger partial charge in [-0.15, -0.1) is 0 Å². The van der Waals surface area contributed by atoms with Crippen LogP contribution in [0.2, 0.25) is 0 Å². The van der Waals surface area contributed by atoms with Crippen LogP contribution in [-0.4, -0.2) is 17.0 Å². The maximum absolute atomic E-state index is 10.2. The van der Waals surface area contributed by atoms with E-state index < -0.39 is 6.10 Å². The van der Waals surface area contributed by atoms with Crippen LogP contribution in [0.25, 0.3) is 0 Å². The second-order valence-corrected chi connectivity index (χ2v) is 3.98. The van der Waals surface area contributed by atoms with E-state index in [-0.39, 0.29) is 13.4 Å². The molecule has 2 N–H and O–H groups in total. The average Bonchev–Trinajstić information content (AvgIpc) is 3.05. The molecule has 94 valence electrons. The minimum Gasteiger partial charge on any atom is -0.460 e. The minimum atomic E-state index is -0.889. The molecule has 0 fully saturated rings. The molecule has 1 unspecified atom stereocenters. The molecule has 1 aliphatic heterocycles. The molecule has 5 nitrogen and oxygen atoms in total. The lowest BCUT2D eigenvalue weighted by Gasteiger charge is -2.08. The summed E-state index contributed by atoms with van der Waals surface area (Å²) in [5, 5.41) is 19.1. The largest absolute Gasteiger partial charge is 0.460 e. The summed E-state index contributed by atoms with van der Waals surface area (Å²) in [6.07, 6.45) is -0.889. The van der Waals surface area contributed by atoms with Gasteiger partial charge in [-0.3, -0.25) is 0 Å². The fourth-order valence-electron chi connectivity index (χ4n) is 1.87. The highest BCUT2D eigenvalue weighted by Crippen LogP contribution is 2.35. The number of rotatable bonds is 3. The van der Waals surface area contributed by atoms with Crippen molar-refractivity contribution in [2.45, 2.75) is 12.7 Å². The van der Waals surface area contributed by atoms with Crippen LogP contribution in [0.4, 0.5) is 0 Å². The Balaban J connectivity index is 1.89. The van der Waals surface area contributed by atoms with Gasteiger partial charge in [0.1, 0.15) is 24.2 Å². The van der Waals surface area contributed by atoms with E-state index in [1.165, 1.54) is 0 Å². The number of aliphatic hydroxyl groups is 2. The predicted molar refractivity (Wildman–Crippen MR) is 61.3 cm³/mol. The van der Waals surface area contributed by atoms with Gasteiger partial charge in [-0.2, -0.15) is 0 Å². The van der Waals surface area contributed by atoms with Crippen LogP contribution in [0.1, 0.15) is 23.2 Å². The van der Waals surface area contributed by atoms with E-state index in [4.69, 9.17) is 19.0 Å². The minimum absolute atomic E-state index is 0.187. The standard InChI is InChI=1S/C13H12O5/c14-6-9-2-4-11(18-9)13(15)8-1-3-10-12(5-8)17-7-16-10/h1-5,13-15H,6-7H2. The Morgan fingerprint density at radius 3 is 2.72 bits per heavy atom. The fourth-order valence-corrected chi connectivity index (χ4v) is 1.87. The van der Waals surface area contributed by atoms with Crippen molar-refractivity contribution in [2.24, 2.45) is 0 Å². The Labute approximate surface area is 103 Å². The summed E-state index contributed by atoms with van der Waals surface area (Å²) in [6, 6.07) is 8.48. The van der Waals surface area contributed by atoms with Crippen LogP contribution < -0.4 is 9.47 Å². The number of benzene rings is 1. The lowest BCUT2D eigenvalue weighted by molar-refractivity contribution is 0.171. The molecule has 1 atom stereocenters. The van der Waals surface area contributed by atoms with Gasteiger partial charge in [0.25, 0.3) is 0 Å². The van der Waals surface area contributed by atoms with Gasteiger partial charge in [0, 0.05) is 0 Å². The molecule has 0 saturated carbocycles. The quantitative estimate of drug-likeness (QED) is 0.862. The zero-order valence-electron chi connectivity index (χ0n) is 9.50. The van der Waals surface area contributed by atoms with Crippen molar-refractivity contribution in [3.05, 3.63) is 47.4 Å². The first kappa shape index (κ1) is 11.1. The van der Waals surface area contributed by atoms with Crippen LogP contribution in [0, 0.1) is 0 Å². The molecule has 0 saturated heterocycles. The summed E-state index contributed by atoms with van der Waals surface area (Å²) in [5.74, 6) is 2.09. The summed E-state index contributed by atoms with van der Waals surface area (Å²) < 4.78 is 15.7. The van der Waals surface area contributed by atoms with E-state index in [0.29, 0.717) is 28.6 Å². The van der Waals surface area contributed by atoms with E-state index in [1.807, 2.05) is 0 Å². The number of aliphatic hydroxyl groups excluding tert-OH is 2. The molecule has 2 aromatic rings. The topological polar surface area (TPSA) is 72.1 Å². The number of fused-ring (bicyclic) bond motifs is 1. The molecule has 18 heavy (non-hydrogen) atoms. The Bertz CT molecular complexity index is 560. The molecule has 0 radical (unpaired) electrons. The lowest BCUT2D eigenvalue weighted by Crippen LogP contribution is -1.98. The van der Waals surface area contributed by atoms with Gasteiger partial charge in [0.05, 0.1) is 0 Å². The van der Waals surface area contributed by atoms with E-state index in [9.17, 15) is 5.11 Å². The van der Waals surface area contributed by atoms with Gasteiger partial charge in [0.2, 0.25) is 6.79 Å². The number of furan rings is 1. The zero-order valence-corrected chi connectivity index (χ0v) is 9.50. The van der Waals surface area contributed by atoms with Crippen molar-refractivity contribution in [3.8, 4) is 11.5 Å². The highest BCUT2D eigenvalue weighted by atomic mass is 16.7. The van der Waals surface area contributed by atoms with E-state index in [1.54, 1.807) is 30.3 Å². The Hall–Kier alpha value is -1.98. The van der Waals surface area contributed by atoms with E-state index in [0.717, 1.165) is 0 Å². The average molecular weight is 248 g/mol. The van der Waals surface area contributed by atoms with Gasteiger partial charge in [-0.05, 0) is 29.8 Å². The Kier molecular flexibility index (Phi) is 2.70. The monoisotopic (exact) mass is 248 g/mol. The normalized spacial score (nSPS) is 14.8. The van der Waals surface area contributed by atoms with Crippen molar-refractivity contribution < 1.29 is 24.1 Å². The smallest absolute Gasteiger partial charge is 0.231 e. The first-order valence-electron chi connectivity index (χ1n) is 5.55. The summed E-state index contributed by atoms with van der Waals surface area (Å²) in [4.78, 5) is 0. The third-order valence-corrected chi connectivity index (χ3v) is 2.82. The van der Waals surface area contributed by atoms with Crippen LogP contribution >= 0.6 is 0 Å². The van der Waals surface area contributed by atoms with Crippen molar-refractivity contribution in [2.75, 3.05) is 6.79 Å². The van der Waals surface area contributed by atoms with Crippen molar-refractivity contribution in [1.82, 2.24) is 0 Å². The summed E-state index contributed by atoms with van der Waals surface area (Å²) in [6.45, 7) is 0.0121. The van der Waals surface area contributed by atoms with Gasteiger partial charge < -0.3 is 24.1 Å². The molecule has 3 rings (SSSR count). The molecule has 0 spiro atoms. The molecule has 5 heteroatoms. The van der Waals surface area contributed by atoms with Crippen molar-refractivity contribution in [3.63, 3.8) is 0 Å². The number of hydrogen-bond acceptors (Lipinski definition) is 5. The molecule has 1 aliphatic rings. The van der Waals surface area contributed by atoms with Gasteiger partial charge in [-0.25, -0.2) is 0 Å². The summed E-state index contributed by atoms with van der Waals surface area (Å²) >= 11 is 0. The molecule has 1 aromatic carbocycles. The molecule has 1 aromatic heterocycles. The van der Waals surface area contributed by atoms with Gasteiger partial charge >= 0.3 is 0 Å². The van der Waals surface area contributed by atoms with Crippen LogP contribution in [0.3, 0.4) is 0 Å². The molecule has 0 aliphatic carbocycles. The fraction of sp³-hybridized carbons (Fsp3) is 0.231. The van der Waals surface area contributed by atoms with E-state index in [2.05, 4.69) is 0 Å². The molecular weight excluding hydrogens is 236 g/mol. The Morgan fingerprint density at radius 2 is 1.94 bits per heavy atom. The second-order valence-electron chi connectivity index (χ2n) is 3.98. The highest BCUT2D eigenvalue weighted by Gasteiger charge is 2.19. The first-order valence-corrected chi connectivity index (χ1v) is 5.55. The van der Waals surface area contributed by atoms with Crippen molar-refractivity contribution in [1.29, 1.82) is 0 Å². The van der Waals surface area contributed by atoms with Crippen LogP contribution in [-0.2, 0) is 6.61 Å². The molecule has 2 heterocycles. The zero-order chi connectivity index (χ0) is 12.5. The molecular formula is C13H12O5. The predicted octanol–water partition coefficient (Wildman–Crippen LogP) is 1.58. The third-order valence-electron chi connectivity index (χ3n) is 2.82. The molecule has 0 amide bonds. The lowest BCUT2D eigenvalue weighted by atomic mass is 10.1. The summed E-state index contributed by atoms with van der Waals surface area (Å²) in [7, 11) is 0. The van der Waals surface area contributed by atoms with Crippen LogP contribution in [0.5, 0.6) is 11.5 Å². The highest BCUT2D eigenvalue weighted by molar-refractivity contribution is 5.46. The Morgan fingerprint density at radius 1 is 1.11 bits per heavy atom. The third kappa shape index (κ3) is 1.83. The SMILES string of the molecule is OCc1ccc(C(O)c2ccc3c(c2)OCO3)o1.